The van der Waals surface area contributed by atoms with Crippen molar-refractivity contribution in [3.05, 3.63) is 0 Å². The van der Waals surface area contributed by atoms with Gasteiger partial charge >= 0.3 is 21.9 Å². The lowest BCUT2D eigenvalue weighted by molar-refractivity contribution is -0.135. The first-order valence-electron chi connectivity index (χ1n) is 1.82. The molecular weight excluding hydrogens is 172 g/mol. The van der Waals surface area contributed by atoms with Crippen molar-refractivity contribution >= 4 is 39.2 Å². The van der Waals surface area contributed by atoms with E-state index in [-0.39, 0.29) is 29.4 Å². The van der Waals surface area contributed by atoms with Crippen LogP contribution in [-0.4, -0.2) is 64.7 Å². The Bertz CT molecular complexity index is 61.6. The van der Waals surface area contributed by atoms with Gasteiger partial charge in [-0.3, -0.25) is 4.79 Å². The van der Waals surface area contributed by atoms with Crippen LogP contribution < -0.4 is 5.73 Å². The molecule has 62 valence electrons. The van der Waals surface area contributed by atoms with Gasteiger partial charge in [0.15, 0.2) is 17.4 Å². The Labute approximate surface area is 75.5 Å². The number of carboxylic acids is 1. The van der Waals surface area contributed by atoms with E-state index in [2.05, 4.69) is 5.73 Å². The first-order valence-corrected chi connectivity index (χ1v) is 3.09. The first kappa shape index (κ1) is 22.4. The van der Waals surface area contributed by atoms with Crippen LogP contribution in [0.4, 0.5) is 0 Å². The molecule has 7 N–H and O–H groups in total. The van der Waals surface area contributed by atoms with Crippen molar-refractivity contribution in [2.24, 2.45) is 5.73 Å². The normalized spacial score (nSPS) is 5.10. The quantitative estimate of drug-likeness (QED) is 0.304. The molecule has 0 spiro atoms. The fourth-order valence-corrected chi connectivity index (χ4v) is 0. The van der Waals surface area contributed by atoms with Gasteiger partial charge in [-0.15, -0.1) is 0 Å². The standard InChI is InChI=1S/C2H5NO2.2Al.3H2O.4H/c3-1-2(4)5;;;;;;;;;/h1,3H2,(H,4,5);;;3*1H2;;;;/q;;+2;;;;;;;/p-2. The van der Waals surface area contributed by atoms with Gasteiger partial charge in [-0.2, -0.15) is 0 Å². The predicted molar refractivity (Wildman–Crippen MR) is 41.8 cm³/mol. The maximum absolute atomic E-state index is 9.24. The average molecular weight is 185 g/mol. The van der Waals surface area contributed by atoms with Gasteiger partial charge in [-0.25, -0.2) is 0 Å². The Hall–Kier alpha value is 0.375. The minimum absolute atomic E-state index is 0. The highest BCUT2D eigenvalue weighted by Gasteiger charge is 1.81. The smallest absolute Gasteiger partial charge is 0.496 e. The molecule has 0 bridgehead atoms. The van der Waals surface area contributed by atoms with Gasteiger partial charge in [0.2, 0.25) is 0 Å². The summed E-state index contributed by atoms with van der Waals surface area (Å²) in [5.41, 5.74) is 4.57. The number of carboxylic acid groups (broad SMARTS) is 1. The number of rotatable bonds is 1. The number of aliphatic carboxylic acids is 1. The van der Waals surface area contributed by atoms with Crippen molar-refractivity contribution in [2.75, 3.05) is 6.54 Å². The van der Waals surface area contributed by atoms with Crippen LogP contribution in [0.5, 0.6) is 0 Å². The molecule has 0 heterocycles. The molecule has 6 nitrogen and oxygen atoms in total. The minimum Gasteiger partial charge on any atom is -0.496 e. The zero-order chi connectivity index (χ0) is 6.99. The van der Waals surface area contributed by atoms with E-state index >= 15 is 0 Å². The summed E-state index contributed by atoms with van der Waals surface area (Å²) < 4.78 is 14.5. The fraction of sp³-hybridized carbons (Fsp3) is 0.500. The lowest BCUT2D eigenvalue weighted by atomic mass is 10.7. The van der Waals surface area contributed by atoms with Gasteiger partial charge in [0.25, 0.3) is 0 Å². The first-order chi connectivity index (χ1) is 3.68. The largest absolute Gasteiger partial charge is 0.644 e. The van der Waals surface area contributed by atoms with Crippen LogP contribution in [0, 0.1) is 0 Å². The van der Waals surface area contributed by atoms with Crippen molar-refractivity contribution < 1.29 is 23.7 Å². The Morgan fingerprint density at radius 1 is 1.50 bits per heavy atom. The van der Waals surface area contributed by atoms with Gasteiger partial charge in [0, 0.05) is 0 Å². The molecule has 10 heavy (non-hydrogen) atoms. The summed E-state index contributed by atoms with van der Waals surface area (Å²) in [6.45, 7) is -0.278. The van der Waals surface area contributed by atoms with Crippen LogP contribution in [0.25, 0.3) is 0 Å². The van der Waals surface area contributed by atoms with Crippen molar-refractivity contribution in [3.63, 3.8) is 0 Å². The van der Waals surface area contributed by atoms with Crippen LogP contribution in [0.2, 0.25) is 0 Å². The van der Waals surface area contributed by atoms with Gasteiger partial charge in [0.05, 0.1) is 6.54 Å². The lowest BCUT2D eigenvalue weighted by Crippen LogP contribution is -2.10. The fourth-order valence-electron chi connectivity index (χ4n) is 0. The van der Waals surface area contributed by atoms with Gasteiger partial charge < -0.3 is 24.6 Å². The molecule has 0 saturated heterocycles. The molecular formula is C2H13Al2NO5. The minimum atomic E-state index is -1.58. The van der Waals surface area contributed by atoms with Crippen molar-refractivity contribution in [3.8, 4) is 0 Å². The highest BCUT2D eigenvalue weighted by molar-refractivity contribution is 6.13. The van der Waals surface area contributed by atoms with Crippen LogP contribution in [-0.2, 0) is 4.79 Å². The highest BCUT2D eigenvalue weighted by Crippen LogP contribution is 1.43. The summed E-state index contributed by atoms with van der Waals surface area (Å²) in [6, 6.07) is 0. The summed E-state index contributed by atoms with van der Waals surface area (Å²) in [5, 5.41) is 7.60. The molecule has 0 aromatic carbocycles. The second kappa shape index (κ2) is 22.8. The molecule has 0 aromatic heterocycles. The third kappa shape index (κ3) is 80.8. The maximum atomic E-state index is 9.24. The van der Waals surface area contributed by atoms with Crippen molar-refractivity contribution in [1.29, 1.82) is 0 Å². The summed E-state index contributed by atoms with van der Waals surface area (Å²) >= 11 is -1.58. The van der Waals surface area contributed by atoms with E-state index in [9.17, 15) is 4.79 Å². The van der Waals surface area contributed by atoms with E-state index in [4.69, 9.17) is 13.4 Å². The van der Waals surface area contributed by atoms with Gasteiger partial charge in [0.1, 0.15) is 0 Å². The SMILES string of the molecule is NCC(=O)O.O.[AlH3].[OH][AlH][OH]. The molecule has 0 aliphatic heterocycles. The Kier molecular flexibility index (Phi) is 51.1. The van der Waals surface area contributed by atoms with Gasteiger partial charge in [-0.05, 0) is 0 Å². The molecule has 8 heteroatoms. The van der Waals surface area contributed by atoms with Crippen LogP contribution in [0.1, 0.15) is 0 Å². The van der Waals surface area contributed by atoms with E-state index in [0.717, 1.165) is 0 Å². The maximum Gasteiger partial charge on any atom is 0.644 e. The summed E-state index contributed by atoms with van der Waals surface area (Å²) in [6.07, 6.45) is 0. The number of nitrogens with two attached hydrogens (primary N) is 1. The molecule has 0 amide bonds. The Morgan fingerprint density at radius 2 is 1.60 bits per heavy atom. The van der Waals surface area contributed by atoms with E-state index in [0.29, 0.717) is 0 Å². The molecule has 0 radical (unpaired) electrons. The molecule has 0 fully saturated rings. The second-order valence-corrected chi connectivity index (χ2v) is 1.02. The molecule has 0 aliphatic rings. The monoisotopic (exact) mass is 185 g/mol. The van der Waals surface area contributed by atoms with Crippen LogP contribution in [0.3, 0.4) is 0 Å². The molecule has 0 atom stereocenters. The molecule has 0 rings (SSSR count). The average Bonchev–Trinajstić information content (AvgIpc) is 1.69. The zero-order valence-electron chi connectivity index (χ0n) is 4.74. The topological polar surface area (TPSA) is 135 Å². The zero-order valence-corrected chi connectivity index (χ0v) is 6.16. The number of carbonyl (C=O) groups is 1. The van der Waals surface area contributed by atoms with Crippen molar-refractivity contribution in [2.45, 2.75) is 0 Å². The second-order valence-electron chi connectivity index (χ2n) is 0.739. The third-order valence-corrected chi connectivity index (χ3v) is 0.175. The van der Waals surface area contributed by atoms with E-state index in [1.165, 1.54) is 0 Å². The Morgan fingerprint density at radius 3 is 1.60 bits per heavy atom. The van der Waals surface area contributed by atoms with Gasteiger partial charge in [-0.1, -0.05) is 0 Å². The molecule has 0 unspecified atom stereocenters. The van der Waals surface area contributed by atoms with E-state index in [1.807, 2.05) is 0 Å². The molecule has 0 aromatic rings. The number of hydrogen-bond donors (Lipinski definition) is 4. The summed E-state index contributed by atoms with van der Waals surface area (Å²) in [5.74, 6) is -0.968. The molecule has 0 saturated carbocycles. The lowest BCUT2D eigenvalue weighted by Gasteiger charge is -1.73. The molecule has 0 aliphatic carbocycles. The van der Waals surface area contributed by atoms with Crippen molar-refractivity contribution in [1.82, 2.24) is 0 Å². The summed E-state index contributed by atoms with van der Waals surface area (Å²) in [4.78, 5) is 9.24. The number of hydrogen-bond acceptors (Lipinski definition) is 4. The van der Waals surface area contributed by atoms with Crippen LogP contribution in [0.15, 0.2) is 0 Å². The third-order valence-electron chi connectivity index (χ3n) is 0.175. The van der Waals surface area contributed by atoms with E-state index < -0.39 is 21.9 Å². The predicted octanol–water partition coefficient (Wildman–Crippen LogP) is -4.74. The Balaban J connectivity index is -0.0000000326. The van der Waals surface area contributed by atoms with Crippen LogP contribution >= 0.6 is 0 Å². The highest BCUT2D eigenvalue weighted by atomic mass is 27.2. The van der Waals surface area contributed by atoms with E-state index in [1.54, 1.807) is 0 Å². The summed E-state index contributed by atoms with van der Waals surface area (Å²) in [7, 11) is 0.